The molecule has 0 aromatic rings. The van der Waals surface area contributed by atoms with Crippen molar-refractivity contribution in [3.05, 3.63) is 35.8 Å². The summed E-state index contributed by atoms with van der Waals surface area (Å²) >= 11 is 0. The van der Waals surface area contributed by atoms with Crippen LogP contribution in [0.4, 0.5) is 0 Å². The molecular weight excluding hydrogens is 354 g/mol. The van der Waals surface area contributed by atoms with Crippen LogP contribution < -0.4 is 5.32 Å². The van der Waals surface area contributed by atoms with Crippen LogP contribution in [0.3, 0.4) is 0 Å². The van der Waals surface area contributed by atoms with Crippen LogP contribution in [0.5, 0.6) is 0 Å². The minimum atomic E-state index is -1.32. The first kappa shape index (κ1) is 18.9. The molecule has 8 heteroatoms. The zero-order valence-electron chi connectivity index (χ0n) is 15.4. The Bertz CT molecular complexity index is 694. The summed E-state index contributed by atoms with van der Waals surface area (Å²) in [6.45, 7) is 6.59. The van der Waals surface area contributed by atoms with Gasteiger partial charge >= 0.3 is 5.97 Å². The molecule has 3 aliphatic rings. The lowest BCUT2D eigenvalue weighted by atomic mass is 9.84. The number of methoxy groups -OCH3 is 1. The maximum Gasteiger partial charge on any atom is 0.329 e. The van der Waals surface area contributed by atoms with Crippen LogP contribution in [0.2, 0.25) is 19.6 Å². The number of carbonyl (C=O) groups is 2. The summed E-state index contributed by atoms with van der Waals surface area (Å²) in [5.41, 5.74) is 1.04. The predicted octanol–water partition coefficient (Wildman–Crippen LogP) is 0.819. The number of carbonyl (C=O) groups excluding carboxylic acids is 2. The average Bonchev–Trinajstić information content (AvgIpc) is 3.29. The van der Waals surface area contributed by atoms with E-state index in [9.17, 15) is 14.7 Å². The summed E-state index contributed by atoms with van der Waals surface area (Å²) in [4.78, 5) is 24.4. The highest BCUT2D eigenvalue weighted by Gasteiger charge is 2.68. The Hall–Kier alpha value is -1.90. The lowest BCUT2D eigenvalue weighted by molar-refractivity contribution is -0.151. The first-order valence-corrected chi connectivity index (χ1v) is 12.2. The summed E-state index contributed by atoms with van der Waals surface area (Å²) in [5, 5.41) is 12.6. The number of rotatable bonds is 5. The number of ether oxygens (including phenoxy) is 3. The van der Waals surface area contributed by atoms with Gasteiger partial charge in [0.15, 0.2) is 5.60 Å². The van der Waals surface area contributed by atoms with E-state index >= 15 is 0 Å². The Balaban J connectivity index is 1.65. The van der Waals surface area contributed by atoms with Crippen molar-refractivity contribution in [2.45, 2.75) is 56.0 Å². The number of nitrogens with one attached hydrogen (secondary N) is 1. The number of esters is 1. The fourth-order valence-electron chi connectivity index (χ4n) is 3.35. The molecule has 1 aliphatic carbocycles. The van der Waals surface area contributed by atoms with E-state index in [1.54, 1.807) is 6.08 Å². The van der Waals surface area contributed by atoms with Gasteiger partial charge in [-0.05, 0) is 6.08 Å². The van der Waals surface area contributed by atoms with Gasteiger partial charge in [-0.15, -0.1) is 0 Å². The number of aliphatic hydroxyl groups excluding tert-OH is 1. The zero-order valence-corrected chi connectivity index (χ0v) is 16.4. The van der Waals surface area contributed by atoms with Gasteiger partial charge in [0.25, 0.3) is 0 Å². The molecule has 0 saturated carbocycles. The molecule has 2 saturated heterocycles. The third-order valence-corrected chi connectivity index (χ3v) is 5.82. The van der Waals surface area contributed by atoms with Crippen molar-refractivity contribution < 1.29 is 28.9 Å². The SMILES string of the molecule is COC1=C[C@H](O)[C@@H]2O[C@@H]2[C@@]12C[C@H](NC(=O)/C=C/C=C/[Si](C)(C)C)C(=O)O2. The second-order valence-electron chi connectivity index (χ2n) is 7.91. The van der Waals surface area contributed by atoms with Crippen LogP contribution in [0, 0.1) is 0 Å². The van der Waals surface area contributed by atoms with E-state index in [2.05, 4.69) is 30.7 Å². The van der Waals surface area contributed by atoms with Crippen molar-refractivity contribution >= 4 is 20.0 Å². The molecular formula is C18H25NO6Si. The lowest BCUT2D eigenvalue weighted by Crippen LogP contribution is -2.45. The predicted molar refractivity (Wildman–Crippen MR) is 96.8 cm³/mol. The molecule has 0 unspecified atom stereocenters. The minimum Gasteiger partial charge on any atom is -0.497 e. The van der Waals surface area contributed by atoms with Gasteiger partial charge in [0.05, 0.1) is 15.2 Å². The molecule has 2 heterocycles. The van der Waals surface area contributed by atoms with Crippen LogP contribution >= 0.6 is 0 Å². The van der Waals surface area contributed by atoms with E-state index in [0.717, 1.165) is 0 Å². The molecule has 0 aromatic heterocycles. The standard InChI is InChI=1S/C18H25NO6Si/c1-23-13-9-12(20)15-16(24-15)18(13)10-11(17(22)25-18)19-14(21)7-5-6-8-26(2,3)4/h5-9,11-12,15-16,20H,10H2,1-4H3,(H,19,21)/b7-5+,8-6+/t11-,12-,15-,16-,18+/m0/s1. The number of allylic oxidation sites excluding steroid dienone is 2. The van der Waals surface area contributed by atoms with Gasteiger partial charge in [-0.25, -0.2) is 4.79 Å². The van der Waals surface area contributed by atoms with E-state index in [0.29, 0.717) is 5.76 Å². The molecule has 3 rings (SSSR count). The normalized spacial score (nSPS) is 36.2. The molecule has 1 amide bonds. The summed E-state index contributed by atoms with van der Waals surface area (Å²) in [7, 11) is 0.139. The van der Waals surface area contributed by atoms with Crippen LogP contribution in [0.1, 0.15) is 6.42 Å². The molecule has 0 aromatic carbocycles. The number of amides is 1. The molecule has 1 spiro atoms. The third kappa shape index (κ3) is 3.62. The summed E-state index contributed by atoms with van der Waals surface area (Å²) in [6.07, 6.45) is 5.01. The number of epoxide rings is 1. The second kappa shape index (κ2) is 6.68. The molecule has 26 heavy (non-hydrogen) atoms. The van der Waals surface area contributed by atoms with Crippen molar-refractivity contribution in [2.24, 2.45) is 0 Å². The fraction of sp³-hybridized carbons (Fsp3) is 0.556. The monoisotopic (exact) mass is 379 g/mol. The van der Waals surface area contributed by atoms with Gasteiger partial charge in [-0.3, -0.25) is 4.79 Å². The Morgan fingerprint density at radius 1 is 1.42 bits per heavy atom. The van der Waals surface area contributed by atoms with Crippen LogP contribution in [-0.2, 0) is 23.8 Å². The third-order valence-electron chi connectivity index (χ3n) is 4.63. The lowest BCUT2D eigenvalue weighted by Gasteiger charge is -2.31. The van der Waals surface area contributed by atoms with Gasteiger partial charge in [0.2, 0.25) is 5.91 Å². The molecule has 0 radical (unpaired) electrons. The summed E-state index contributed by atoms with van der Waals surface area (Å²) < 4.78 is 16.4. The van der Waals surface area contributed by atoms with Crippen LogP contribution in [0.15, 0.2) is 35.8 Å². The van der Waals surface area contributed by atoms with E-state index in [-0.39, 0.29) is 12.3 Å². The average molecular weight is 379 g/mol. The first-order chi connectivity index (χ1) is 12.2. The number of aliphatic hydroxyl groups is 1. The largest absolute Gasteiger partial charge is 0.497 e. The van der Waals surface area contributed by atoms with E-state index in [1.165, 1.54) is 19.3 Å². The van der Waals surface area contributed by atoms with Crippen molar-refractivity contribution in [1.29, 1.82) is 0 Å². The molecule has 142 valence electrons. The Kier molecular flexibility index (Phi) is 4.85. The van der Waals surface area contributed by atoms with Crippen molar-refractivity contribution in [1.82, 2.24) is 5.32 Å². The highest BCUT2D eigenvalue weighted by molar-refractivity contribution is 6.81. The van der Waals surface area contributed by atoms with E-state index in [4.69, 9.17) is 14.2 Å². The maximum absolute atomic E-state index is 12.3. The van der Waals surface area contributed by atoms with E-state index in [1.807, 2.05) is 6.08 Å². The Morgan fingerprint density at radius 2 is 2.15 bits per heavy atom. The van der Waals surface area contributed by atoms with Crippen molar-refractivity contribution in [3.63, 3.8) is 0 Å². The molecule has 2 N–H and O–H groups in total. The molecule has 5 atom stereocenters. The summed E-state index contributed by atoms with van der Waals surface area (Å²) in [6, 6.07) is -0.785. The number of fused-ring (bicyclic) bond motifs is 2. The van der Waals surface area contributed by atoms with Crippen LogP contribution in [0.25, 0.3) is 0 Å². The highest BCUT2D eigenvalue weighted by Crippen LogP contribution is 2.51. The van der Waals surface area contributed by atoms with Crippen molar-refractivity contribution in [2.75, 3.05) is 7.11 Å². The molecule has 7 nitrogen and oxygen atoms in total. The molecule has 2 aliphatic heterocycles. The van der Waals surface area contributed by atoms with Gasteiger partial charge in [-0.2, -0.15) is 0 Å². The number of hydrogen-bond acceptors (Lipinski definition) is 6. The van der Waals surface area contributed by atoms with Gasteiger partial charge in [0, 0.05) is 12.5 Å². The Labute approximate surface area is 153 Å². The van der Waals surface area contributed by atoms with Gasteiger partial charge in [0.1, 0.15) is 30.1 Å². The van der Waals surface area contributed by atoms with Crippen molar-refractivity contribution in [3.8, 4) is 0 Å². The highest BCUT2D eigenvalue weighted by atomic mass is 28.3. The zero-order chi connectivity index (χ0) is 19.1. The summed E-state index contributed by atoms with van der Waals surface area (Å²) in [5.74, 6) is -0.531. The van der Waals surface area contributed by atoms with Crippen LogP contribution in [-0.4, -0.2) is 62.1 Å². The fourth-order valence-corrected chi connectivity index (χ4v) is 4.04. The Morgan fingerprint density at radius 3 is 2.81 bits per heavy atom. The molecule has 2 fully saturated rings. The smallest absolute Gasteiger partial charge is 0.329 e. The van der Waals surface area contributed by atoms with E-state index < -0.39 is 44.0 Å². The second-order valence-corrected chi connectivity index (χ2v) is 13.0. The van der Waals surface area contributed by atoms with Gasteiger partial charge in [-0.1, -0.05) is 37.5 Å². The first-order valence-electron chi connectivity index (χ1n) is 8.65. The quantitative estimate of drug-likeness (QED) is 0.241. The topological polar surface area (TPSA) is 97.4 Å². The maximum atomic E-state index is 12.3. The molecule has 0 bridgehead atoms. The minimum absolute atomic E-state index is 0.212. The van der Waals surface area contributed by atoms with Gasteiger partial charge < -0.3 is 24.6 Å². The number of hydrogen-bond donors (Lipinski definition) is 2.